The van der Waals surface area contributed by atoms with E-state index in [-0.39, 0.29) is 5.92 Å². The van der Waals surface area contributed by atoms with Crippen LogP contribution >= 0.6 is 0 Å². The predicted molar refractivity (Wildman–Crippen MR) is 44.6 cm³/mol. The molecule has 0 saturated heterocycles. The smallest absolute Gasteiger partial charge is 0.216 e. The van der Waals surface area contributed by atoms with Crippen LogP contribution in [0.1, 0.15) is 17.9 Å². The summed E-state index contributed by atoms with van der Waals surface area (Å²) in [5.41, 5.74) is 1.03. The van der Waals surface area contributed by atoms with Crippen LogP contribution in [0.3, 0.4) is 0 Å². The topological polar surface area (TPSA) is 9.23 Å². The van der Waals surface area contributed by atoms with Crippen molar-refractivity contribution < 1.29 is 9.13 Å². The third kappa shape index (κ3) is 1.12. The molecular weight excluding hydrogens is 155 g/mol. The lowest BCUT2D eigenvalue weighted by atomic mass is 10.1. The lowest BCUT2D eigenvalue weighted by molar-refractivity contribution is -0.0363. The van der Waals surface area contributed by atoms with E-state index in [2.05, 4.69) is 0 Å². The molecule has 2 unspecified atom stereocenters. The second-order valence-corrected chi connectivity index (χ2v) is 3.16. The first-order valence-electron chi connectivity index (χ1n) is 4.05. The maximum Gasteiger partial charge on any atom is 0.216 e. The highest BCUT2D eigenvalue weighted by atomic mass is 19.2. The molecule has 2 atom stereocenters. The number of rotatable bonds is 2. The predicted octanol–water partition coefficient (Wildman–Crippen LogP) is 2.49. The Kier molecular flexibility index (Phi) is 1.65. The molecule has 2 heteroatoms. The van der Waals surface area contributed by atoms with Crippen molar-refractivity contribution in [2.75, 3.05) is 7.11 Å². The standard InChI is InChI=1S/C10H11FO/c1-12-10(11)7-9(10)8-5-3-2-4-6-8/h2-6,9H,7H2,1H3. The van der Waals surface area contributed by atoms with Gasteiger partial charge in [0, 0.05) is 19.4 Å². The van der Waals surface area contributed by atoms with Crippen LogP contribution in [-0.2, 0) is 4.74 Å². The summed E-state index contributed by atoms with van der Waals surface area (Å²) in [6.45, 7) is 0. The summed E-state index contributed by atoms with van der Waals surface area (Å²) in [5.74, 6) is -1.44. The molecule has 12 heavy (non-hydrogen) atoms. The molecule has 1 aromatic rings. The quantitative estimate of drug-likeness (QED) is 0.655. The Hall–Kier alpha value is -0.890. The molecule has 0 amide bonds. The summed E-state index contributed by atoms with van der Waals surface area (Å²) in [6, 6.07) is 9.64. The Morgan fingerprint density at radius 1 is 1.42 bits per heavy atom. The van der Waals surface area contributed by atoms with Crippen LogP contribution in [0.2, 0.25) is 0 Å². The molecule has 1 fully saturated rings. The average Bonchev–Trinajstić information content (AvgIpc) is 2.81. The summed E-state index contributed by atoms with van der Waals surface area (Å²) in [7, 11) is 1.42. The van der Waals surface area contributed by atoms with Gasteiger partial charge < -0.3 is 4.74 Å². The minimum atomic E-state index is -1.39. The Labute approximate surface area is 71.2 Å². The molecule has 1 saturated carbocycles. The van der Waals surface area contributed by atoms with Gasteiger partial charge in [-0.1, -0.05) is 30.3 Å². The number of halogens is 1. The van der Waals surface area contributed by atoms with Crippen molar-refractivity contribution in [3.63, 3.8) is 0 Å². The summed E-state index contributed by atoms with van der Waals surface area (Å²) in [5, 5.41) is 0. The number of ether oxygens (including phenoxy) is 1. The van der Waals surface area contributed by atoms with E-state index in [1.54, 1.807) is 0 Å². The Morgan fingerprint density at radius 3 is 2.58 bits per heavy atom. The minimum absolute atomic E-state index is 0.0521. The lowest BCUT2D eigenvalue weighted by Crippen LogP contribution is -2.05. The minimum Gasteiger partial charge on any atom is -0.349 e. The molecule has 0 aromatic heterocycles. The van der Waals surface area contributed by atoms with Gasteiger partial charge in [-0.05, 0) is 5.56 Å². The maximum atomic E-state index is 13.4. The third-order valence-electron chi connectivity index (χ3n) is 2.38. The molecular formula is C10H11FO. The Morgan fingerprint density at radius 2 is 2.08 bits per heavy atom. The SMILES string of the molecule is COC1(F)CC1c1ccccc1. The highest BCUT2D eigenvalue weighted by Crippen LogP contribution is 2.54. The molecule has 0 spiro atoms. The molecule has 0 N–H and O–H groups in total. The van der Waals surface area contributed by atoms with E-state index in [4.69, 9.17) is 4.74 Å². The number of hydrogen-bond acceptors (Lipinski definition) is 1. The number of hydrogen-bond donors (Lipinski definition) is 0. The summed E-state index contributed by atoms with van der Waals surface area (Å²) in [6.07, 6.45) is 0.494. The second kappa shape index (κ2) is 2.56. The van der Waals surface area contributed by atoms with Crippen molar-refractivity contribution in [1.82, 2.24) is 0 Å². The zero-order valence-corrected chi connectivity index (χ0v) is 6.96. The fraction of sp³-hybridized carbons (Fsp3) is 0.400. The van der Waals surface area contributed by atoms with Crippen molar-refractivity contribution in [3.8, 4) is 0 Å². The van der Waals surface area contributed by atoms with E-state index >= 15 is 0 Å². The average molecular weight is 166 g/mol. The van der Waals surface area contributed by atoms with Crippen LogP contribution in [0.5, 0.6) is 0 Å². The van der Waals surface area contributed by atoms with E-state index in [0.29, 0.717) is 6.42 Å². The van der Waals surface area contributed by atoms with Gasteiger partial charge in [-0.25, -0.2) is 4.39 Å². The normalized spacial score (nSPS) is 33.3. The van der Waals surface area contributed by atoms with Crippen LogP contribution in [0.4, 0.5) is 4.39 Å². The molecule has 0 radical (unpaired) electrons. The zero-order chi connectivity index (χ0) is 8.60. The van der Waals surface area contributed by atoms with E-state index in [9.17, 15) is 4.39 Å². The lowest BCUT2D eigenvalue weighted by Gasteiger charge is -2.04. The first-order valence-corrected chi connectivity index (χ1v) is 4.05. The van der Waals surface area contributed by atoms with Crippen LogP contribution in [0.15, 0.2) is 30.3 Å². The Balaban J connectivity index is 2.16. The van der Waals surface area contributed by atoms with Crippen LogP contribution in [-0.4, -0.2) is 13.0 Å². The molecule has 2 rings (SSSR count). The summed E-state index contributed by atoms with van der Waals surface area (Å²) in [4.78, 5) is 0. The molecule has 1 aliphatic carbocycles. The molecule has 64 valence electrons. The highest BCUT2D eigenvalue weighted by Gasteiger charge is 2.57. The monoisotopic (exact) mass is 166 g/mol. The summed E-state index contributed by atoms with van der Waals surface area (Å²) >= 11 is 0. The van der Waals surface area contributed by atoms with Gasteiger partial charge in [-0.15, -0.1) is 0 Å². The maximum absolute atomic E-state index is 13.4. The van der Waals surface area contributed by atoms with Gasteiger partial charge in [0.1, 0.15) is 0 Å². The van der Waals surface area contributed by atoms with Crippen LogP contribution in [0, 0.1) is 0 Å². The number of benzene rings is 1. The largest absolute Gasteiger partial charge is 0.349 e. The van der Waals surface area contributed by atoms with Crippen molar-refractivity contribution in [2.45, 2.75) is 18.2 Å². The van der Waals surface area contributed by atoms with Crippen molar-refractivity contribution in [2.24, 2.45) is 0 Å². The van der Waals surface area contributed by atoms with Crippen molar-refractivity contribution in [3.05, 3.63) is 35.9 Å². The van der Waals surface area contributed by atoms with E-state index in [1.807, 2.05) is 30.3 Å². The van der Waals surface area contributed by atoms with Gasteiger partial charge in [0.2, 0.25) is 5.85 Å². The molecule has 1 aromatic carbocycles. The highest BCUT2D eigenvalue weighted by molar-refractivity contribution is 5.28. The first-order chi connectivity index (χ1) is 5.76. The van der Waals surface area contributed by atoms with Crippen molar-refractivity contribution in [1.29, 1.82) is 0 Å². The fourth-order valence-corrected chi connectivity index (χ4v) is 1.50. The van der Waals surface area contributed by atoms with Crippen LogP contribution in [0.25, 0.3) is 0 Å². The third-order valence-corrected chi connectivity index (χ3v) is 2.38. The molecule has 1 nitrogen and oxygen atoms in total. The molecule has 0 bridgehead atoms. The zero-order valence-electron chi connectivity index (χ0n) is 6.96. The first kappa shape index (κ1) is 7.74. The van der Waals surface area contributed by atoms with Gasteiger partial charge in [-0.3, -0.25) is 0 Å². The second-order valence-electron chi connectivity index (χ2n) is 3.16. The molecule has 1 aliphatic rings. The number of alkyl halides is 1. The van der Waals surface area contributed by atoms with Gasteiger partial charge >= 0.3 is 0 Å². The Bertz CT molecular complexity index is 272. The van der Waals surface area contributed by atoms with Gasteiger partial charge in [-0.2, -0.15) is 0 Å². The fourth-order valence-electron chi connectivity index (χ4n) is 1.50. The van der Waals surface area contributed by atoms with E-state index in [1.165, 1.54) is 7.11 Å². The van der Waals surface area contributed by atoms with Gasteiger partial charge in [0.25, 0.3) is 0 Å². The van der Waals surface area contributed by atoms with E-state index < -0.39 is 5.85 Å². The molecule has 0 aliphatic heterocycles. The summed E-state index contributed by atoms with van der Waals surface area (Å²) < 4.78 is 18.1. The van der Waals surface area contributed by atoms with Crippen molar-refractivity contribution >= 4 is 0 Å². The van der Waals surface area contributed by atoms with Gasteiger partial charge in [0.05, 0.1) is 0 Å². The number of methoxy groups -OCH3 is 1. The van der Waals surface area contributed by atoms with Crippen LogP contribution < -0.4 is 0 Å². The van der Waals surface area contributed by atoms with Gasteiger partial charge in [0.15, 0.2) is 0 Å². The molecule has 0 heterocycles. The van der Waals surface area contributed by atoms with E-state index in [0.717, 1.165) is 5.56 Å².